The van der Waals surface area contributed by atoms with E-state index in [1.54, 1.807) is 17.4 Å². The van der Waals surface area contributed by atoms with E-state index in [0.29, 0.717) is 5.69 Å². The van der Waals surface area contributed by atoms with Crippen LogP contribution < -0.4 is 10.2 Å². The Morgan fingerprint density at radius 1 is 1.24 bits per heavy atom. The van der Waals surface area contributed by atoms with Crippen molar-refractivity contribution in [3.8, 4) is 0 Å². The maximum atomic E-state index is 14.4. The summed E-state index contributed by atoms with van der Waals surface area (Å²) in [7, 11) is 0. The summed E-state index contributed by atoms with van der Waals surface area (Å²) in [5, 5.41) is 5.36. The Morgan fingerprint density at radius 3 is 2.71 bits per heavy atom. The molecular formula is C17H23FN2S. The van der Waals surface area contributed by atoms with E-state index in [1.165, 1.54) is 4.88 Å². The van der Waals surface area contributed by atoms with Crippen molar-refractivity contribution in [2.24, 2.45) is 0 Å². The Balaban J connectivity index is 2.07. The first-order valence-electron chi connectivity index (χ1n) is 7.51. The molecule has 0 aliphatic carbocycles. The minimum atomic E-state index is -0.135. The number of anilines is 1. The maximum Gasteiger partial charge on any atom is 0.146 e. The standard InChI is InChI=1S/C17H23FN2S/c1-3-9-19-12-14-7-8-17(16(18)11-14)20(4-2)13-15-6-5-10-21-15/h5-8,10-11,19H,3-4,9,12-13H2,1-2H3. The molecule has 0 atom stereocenters. The molecule has 2 rings (SSSR count). The van der Waals surface area contributed by atoms with Crippen LogP contribution in [0, 0.1) is 5.82 Å². The second-order valence-corrected chi connectivity index (χ2v) is 6.09. The molecule has 2 nitrogen and oxygen atoms in total. The first-order valence-corrected chi connectivity index (χ1v) is 8.39. The number of hydrogen-bond acceptors (Lipinski definition) is 3. The quantitative estimate of drug-likeness (QED) is 0.727. The fourth-order valence-electron chi connectivity index (χ4n) is 2.28. The van der Waals surface area contributed by atoms with Crippen LogP contribution in [0.4, 0.5) is 10.1 Å². The van der Waals surface area contributed by atoms with Gasteiger partial charge in [-0.25, -0.2) is 4.39 Å². The van der Waals surface area contributed by atoms with E-state index >= 15 is 0 Å². The van der Waals surface area contributed by atoms with E-state index in [-0.39, 0.29) is 5.82 Å². The SMILES string of the molecule is CCCNCc1ccc(N(CC)Cc2cccs2)c(F)c1. The summed E-state index contributed by atoms with van der Waals surface area (Å²) in [5.74, 6) is -0.135. The molecule has 1 aromatic heterocycles. The van der Waals surface area contributed by atoms with Crippen LogP contribution in [0.3, 0.4) is 0 Å². The molecule has 0 bridgehead atoms. The lowest BCUT2D eigenvalue weighted by atomic mass is 10.1. The zero-order valence-corrected chi connectivity index (χ0v) is 13.5. The first kappa shape index (κ1) is 16.0. The molecule has 0 fully saturated rings. The molecular weight excluding hydrogens is 283 g/mol. The molecule has 0 aliphatic rings. The first-order chi connectivity index (χ1) is 10.2. The Hall–Kier alpha value is -1.39. The van der Waals surface area contributed by atoms with Crippen LogP contribution in [0.15, 0.2) is 35.7 Å². The molecule has 1 aromatic carbocycles. The average molecular weight is 306 g/mol. The van der Waals surface area contributed by atoms with Crippen molar-refractivity contribution in [1.29, 1.82) is 0 Å². The highest BCUT2D eigenvalue weighted by Gasteiger charge is 2.11. The predicted octanol–water partition coefficient (Wildman–Crippen LogP) is 4.41. The largest absolute Gasteiger partial charge is 0.364 e. The van der Waals surface area contributed by atoms with Crippen molar-refractivity contribution < 1.29 is 4.39 Å². The topological polar surface area (TPSA) is 15.3 Å². The van der Waals surface area contributed by atoms with Crippen LogP contribution in [-0.4, -0.2) is 13.1 Å². The second kappa shape index (κ2) is 8.15. The van der Waals surface area contributed by atoms with Crippen LogP contribution >= 0.6 is 11.3 Å². The van der Waals surface area contributed by atoms with Crippen LogP contribution in [0.2, 0.25) is 0 Å². The van der Waals surface area contributed by atoms with Gasteiger partial charge in [-0.1, -0.05) is 19.1 Å². The summed E-state index contributed by atoms with van der Waals surface area (Å²) in [4.78, 5) is 3.33. The van der Waals surface area contributed by atoms with Gasteiger partial charge in [-0.2, -0.15) is 0 Å². The van der Waals surface area contributed by atoms with Crippen molar-refractivity contribution in [2.45, 2.75) is 33.4 Å². The van der Waals surface area contributed by atoms with Gasteiger partial charge in [-0.3, -0.25) is 0 Å². The molecule has 0 spiro atoms. The highest BCUT2D eigenvalue weighted by molar-refractivity contribution is 7.09. The van der Waals surface area contributed by atoms with E-state index < -0.39 is 0 Å². The summed E-state index contributed by atoms with van der Waals surface area (Å²) >= 11 is 1.71. The molecule has 0 saturated carbocycles. The van der Waals surface area contributed by atoms with Crippen molar-refractivity contribution in [3.63, 3.8) is 0 Å². The van der Waals surface area contributed by atoms with E-state index in [2.05, 4.69) is 35.5 Å². The molecule has 0 aliphatic heterocycles. The second-order valence-electron chi connectivity index (χ2n) is 5.06. The predicted molar refractivity (Wildman–Crippen MR) is 89.4 cm³/mol. The lowest BCUT2D eigenvalue weighted by Crippen LogP contribution is -2.23. The number of thiophene rings is 1. The van der Waals surface area contributed by atoms with Crippen LogP contribution in [0.1, 0.15) is 30.7 Å². The van der Waals surface area contributed by atoms with Crippen molar-refractivity contribution in [3.05, 3.63) is 52.0 Å². The van der Waals surface area contributed by atoms with Gasteiger partial charge in [0.15, 0.2) is 0 Å². The number of nitrogens with one attached hydrogen (secondary N) is 1. The van der Waals surface area contributed by atoms with E-state index in [4.69, 9.17) is 0 Å². The van der Waals surface area contributed by atoms with Gasteiger partial charge in [0, 0.05) is 18.0 Å². The van der Waals surface area contributed by atoms with E-state index in [9.17, 15) is 4.39 Å². The van der Waals surface area contributed by atoms with Crippen LogP contribution in [-0.2, 0) is 13.1 Å². The fourth-order valence-corrected chi connectivity index (χ4v) is 3.00. The fraction of sp³-hybridized carbons (Fsp3) is 0.412. The molecule has 0 saturated heterocycles. The summed E-state index contributed by atoms with van der Waals surface area (Å²) in [6, 6.07) is 9.68. The van der Waals surface area contributed by atoms with Gasteiger partial charge >= 0.3 is 0 Å². The third kappa shape index (κ3) is 4.55. The zero-order valence-electron chi connectivity index (χ0n) is 12.7. The van der Waals surface area contributed by atoms with Gasteiger partial charge in [-0.05, 0) is 49.0 Å². The van der Waals surface area contributed by atoms with Gasteiger partial charge in [0.05, 0.1) is 12.2 Å². The highest BCUT2D eigenvalue weighted by Crippen LogP contribution is 2.23. The monoisotopic (exact) mass is 306 g/mol. The van der Waals surface area contributed by atoms with Gasteiger partial charge in [0.2, 0.25) is 0 Å². The summed E-state index contributed by atoms with van der Waals surface area (Å²) in [6.07, 6.45) is 1.09. The third-order valence-corrected chi connectivity index (χ3v) is 4.28. The molecule has 1 heterocycles. The summed E-state index contributed by atoms with van der Waals surface area (Å²) in [6.45, 7) is 7.43. The van der Waals surface area contributed by atoms with Crippen LogP contribution in [0.25, 0.3) is 0 Å². The number of nitrogens with zero attached hydrogens (tertiary/aromatic N) is 1. The molecule has 114 valence electrons. The smallest absolute Gasteiger partial charge is 0.146 e. The summed E-state index contributed by atoms with van der Waals surface area (Å²) in [5.41, 5.74) is 1.68. The van der Waals surface area contributed by atoms with Gasteiger partial charge in [-0.15, -0.1) is 11.3 Å². The molecule has 2 aromatic rings. The Bertz CT molecular complexity index is 540. The normalized spacial score (nSPS) is 10.8. The number of benzene rings is 1. The average Bonchev–Trinajstić information content (AvgIpc) is 2.99. The van der Waals surface area contributed by atoms with Gasteiger partial charge in [0.25, 0.3) is 0 Å². The van der Waals surface area contributed by atoms with Crippen molar-refractivity contribution in [1.82, 2.24) is 5.32 Å². The number of halogens is 1. The maximum absolute atomic E-state index is 14.4. The van der Waals surface area contributed by atoms with Gasteiger partial charge in [0.1, 0.15) is 5.82 Å². The minimum Gasteiger partial charge on any atom is -0.364 e. The molecule has 21 heavy (non-hydrogen) atoms. The number of rotatable bonds is 8. The zero-order chi connectivity index (χ0) is 15.1. The molecule has 4 heteroatoms. The lowest BCUT2D eigenvalue weighted by Gasteiger charge is -2.23. The summed E-state index contributed by atoms with van der Waals surface area (Å²) < 4.78 is 14.4. The Kier molecular flexibility index (Phi) is 6.21. The lowest BCUT2D eigenvalue weighted by molar-refractivity contribution is 0.611. The van der Waals surface area contributed by atoms with E-state index in [1.807, 2.05) is 18.2 Å². The van der Waals surface area contributed by atoms with E-state index in [0.717, 1.165) is 38.2 Å². The highest BCUT2D eigenvalue weighted by atomic mass is 32.1. The van der Waals surface area contributed by atoms with Crippen LogP contribution in [0.5, 0.6) is 0 Å². The molecule has 1 N–H and O–H groups in total. The molecule has 0 radical (unpaired) electrons. The number of hydrogen-bond donors (Lipinski definition) is 1. The Morgan fingerprint density at radius 2 is 2.10 bits per heavy atom. The van der Waals surface area contributed by atoms with Crippen molar-refractivity contribution >= 4 is 17.0 Å². The Labute approximate surface area is 130 Å². The minimum absolute atomic E-state index is 0.135. The molecule has 0 unspecified atom stereocenters. The molecule has 0 amide bonds. The van der Waals surface area contributed by atoms with Crippen molar-refractivity contribution in [2.75, 3.05) is 18.0 Å². The third-order valence-electron chi connectivity index (χ3n) is 3.42. The van der Waals surface area contributed by atoms with Gasteiger partial charge < -0.3 is 10.2 Å².